The summed E-state index contributed by atoms with van der Waals surface area (Å²) in [7, 11) is 0. The van der Waals surface area contributed by atoms with Gasteiger partial charge in [-0.15, -0.1) is 0 Å². The van der Waals surface area contributed by atoms with Crippen LogP contribution in [0, 0.1) is 12.8 Å². The second-order valence-electron chi connectivity index (χ2n) is 3.68. The van der Waals surface area contributed by atoms with Crippen LogP contribution in [0.5, 0.6) is 0 Å². The van der Waals surface area contributed by atoms with E-state index in [0.29, 0.717) is 25.2 Å². The summed E-state index contributed by atoms with van der Waals surface area (Å²) in [6.45, 7) is 2.03. The van der Waals surface area contributed by atoms with Gasteiger partial charge in [-0.1, -0.05) is 5.16 Å². The highest BCUT2D eigenvalue weighted by Crippen LogP contribution is 2.13. The highest BCUT2D eigenvalue weighted by atomic mass is 16.5. The maximum Gasteiger partial charge on any atom is 0.328 e. The number of hydrogen-bond acceptors (Lipinski definition) is 5. The third-order valence-corrected chi connectivity index (χ3v) is 2.39. The molecule has 1 aliphatic heterocycles. The van der Waals surface area contributed by atoms with Crippen molar-refractivity contribution in [2.45, 2.75) is 19.8 Å². The highest BCUT2D eigenvalue weighted by Gasteiger charge is 2.25. The van der Waals surface area contributed by atoms with E-state index >= 15 is 0 Å². The van der Waals surface area contributed by atoms with Crippen LogP contribution < -0.4 is 10.6 Å². The Hall–Kier alpha value is -1.92. The summed E-state index contributed by atoms with van der Waals surface area (Å²) >= 11 is 0. The Morgan fingerprint density at radius 1 is 1.62 bits per heavy atom. The van der Waals surface area contributed by atoms with Gasteiger partial charge >= 0.3 is 6.01 Å². The molecule has 0 bridgehead atoms. The van der Waals surface area contributed by atoms with E-state index in [4.69, 9.17) is 4.52 Å². The van der Waals surface area contributed by atoms with Gasteiger partial charge in [0.15, 0.2) is 5.82 Å². The quantitative estimate of drug-likeness (QED) is 0.727. The van der Waals surface area contributed by atoms with E-state index in [1.165, 1.54) is 0 Å². The molecular weight excluding hydrogens is 212 g/mol. The third kappa shape index (κ3) is 2.36. The van der Waals surface area contributed by atoms with E-state index in [1.807, 2.05) is 0 Å². The molecule has 1 fully saturated rings. The number of anilines is 1. The number of nitrogens with zero attached hydrogens (tertiary/aromatic N) is 2. The largest absolute Gasteiger partial charge is 0.355 e. The minimum Gasteiger partial charge on any atom is -0.355 e. The maximum atomic E-state index is 11.7. The summed E-state index contributed by atoms with van der Waals surface area (Å²) in [5.41, 5.74) is 0. The van der Waals surface area contributed by atoms with Gasteiger partial charge < -0.3 is 9.84 Å². The maximum absolute atomic E-state index is 11.7. The number of carbonyl (C=O) groups is 2. The Labute approximate surface area is 91.6 Å². The van der Waals surface area contributed by atoms with Crippen molar-refractivity contribution in [2.24, 2.45) is 5.92 Å². The molecule has 1 aromatic rings. The molecule has 0 spiro atoms. The molecule has 0 saturated carbocycles. The molecule has 2 rings (SSSR count). The van der Waals surface area contributed by atoms with Gasteiger partial charge in [-0.3, -0.25) is 14.9 Å². The second-order valence-corrected chi connectivity index (χ2v) is 3.68. The van der Waals surface area contributed by atoms with Crippen LogP contribution in [0.4, 0.5) is 6.01 Å². The van der Waals surface area contributed by atoms with E-state index in [-0.39, 0.29) is 23.7 Å². The average Bonchev–Trinajstić information content (AvgIpc) is 2.65. The lowest BCUT2D eigenvalue weighted by Crippen LogP contribution is -2.40. The molecule has 7 nitrogen and oxygen atoms in total. The van der Waals surface area contributed by atoms with Gasteiger partial charge in [-0.25, -0.2) is 0 Å². The molecule has 2 amide bonds. The van der Waals surface area contributed by atoms with Crippen molar-refractivity contribution >= 4 is 17.8 Å². The zero-order valence-electron chi connectivity index (χ0n) is 8.82. The van der Waals surface area contributed by atoms with E-state index < -0.39 is 0 Å². The normalized spacial score (nSPS) is 20.3. The van der Waals surface area contributed by atoms with Gasteiger partial charge in [0.2, 0.25) is 11.8 Å². The van der Waals surface area contributed by atoms with Gasteiger partial charge in [-0.2, -0.15) is 4.98 Å². The van der Waals surface area contributed by atoms with E-state index in [0.717, 1.165) is 0 Å². The number of aromatic nitrogens is 2. The fraction of sp³-hybridized carbons (Fsp3) is 0.556. The van der Waals surface area contributed by atoms with Gasteiger partial charge in [-0.05, 0) is 13.3 Å². The van der Waals surface area contributed by atoms with Crippen LogP contribution in [0.3, 0.4) is 0 Å². The Kier molecular flexibility index (Phi) is 2.84. The number of carbonyl (C=O) groups excluding carboxylic acids is 2. The number of nitrogens with one attached hydrogen (secondary N) is 2. The van der Waals surface area contributed by atoms with Gasteiger partial charge in [0.1, 0.15) is 0 Å². The van der Waals surface area contributed by atoms with Gasteiger partial charge in [0.25, 0.3) is 0 Å². The molecule has 1 aliphatic rings. The lowest BCUT2D eigenvalue weighted by Gasteiger charge is -2.20. The molecule has 2 heterocycles. The van der Waals surface area contributed by atoms with Crippen LogP contribution in [0.25, 0.3) is 0 Å². The zero-order valence-corrected chi connectivity index (χ0v) is 8.82. The van der Waals surface area contributed by atoms with Crippen LogP contribution in [-0.2, 0) is 9.59 Å². The number of piperidine rings is 1. The lowest BCUT2D eigenvalue weighted by molar-refractivity contribution is -0.126. The number of amides is 2. The molecular formula is C9H12N4O3. The van der Waals surface area contributed by atoms with Crippen LogP contribution in [0.1, 0.15) is 18.7 Å². The summed E-state index contributed by atoms with van der Waals surface area (Å²) in [6, 6.07) is 0.0967. The minimum atomic E-state index is -0.232. The van der Waals surface area contributed by atoms with Crippen molar-refractivity contribution in [1.29, 1.82) is 0 Å². The highest BCUT2D eigenvalue weighted by molar-refractivity contribution is 5.92. The second kappa shape index (κ2) is 4.30. The summed E-state index contributed by atoms with van der Waals surface area (Å²) in [5, 5.41) is 8.71. The molecule has 2 N–H and O–H groups in total. The zero-order chi connectivity index (χ0) is 11.5. The summed E-state index contributed by atoms with van der Waals surface area (Å²) in [5.74, 6) is 0.0125. The molecule has 1 atom stereocenters. The molecule has 0 aromatic carbocycles. The van der Waals surface area contributed by atoms with Gasteiger partial charge in [0, 0.05) is 13.0 Å². The van der Waals surface area contributed by atoms with E-state index in [2.05, 4.69) is 20.8 Å². The van der Waals surface area contributed by atoms with E-state index in [1.54, 1.807) is 6.92 Å². The molecule has 7 heteroatoms. The first-order valence-corrected chi connectivity index (χ1v) is 5.03. The lowest BCUT2D eigenvalue weighted by atomic mass is 9.98. The first-order chi connectivity index (χ1) is 7.65. The van der Waals surface area contributed by atoms with Crippen LogP contribution in [0.2, 0.25) is 0 Å². The van der Waals surface area contributed by atoms with Crippen LogP contribution in [0.15, 0.2) is 4.52 Å². The first-order valence-electron chi connectivity index (χ1n) is 5.03. The van der Waals surface area contributed by atoms with Crippen molar-refractivity contribution in [3.05, 3.63) is 5.82 Å². The fourth-order valence-corrected chi connectivity index (χ4v) is 1.51. The number of aryl methyl sites for hydroxylation is 1. The Morgan fingerprint density at radius 3 is 3.00 bits per heavy atom. The topological polar surface area (TPSA) is 97.1 Å². The SMILES string of the molecule is Cc1noc(NC(=O)C2CCC(=O)NC2)n1. The number of hydrogen-bond donors (Lipinski definition) is 2. The van der Waals surface area contributed by atoms with Crippen molar-refractivity contribution < 1.29 is 14.1 Å². The Bertz CT molecular complexity index is 405. The Morgan fingerprint density at radius 2 is 2.44 bits per heavy atom. The first kappa shape index (κ1) is 10.6. The molecule has 0 aliphatic carbocycles. The summed E-state index contributed by atoms with van der Waals surface area (Å²) in [6.07, 6.45) is 0.922. The van der Waals surface area contributed by atoms with E-state index in [9.17, 15) is 9.59 Å². The molecule has 1 aromatic heterocycles. The molecule has 0 radical (unpaired) electrons. The van der Waals surface area contributed by atoms with Crippen molar-refractivity contribution in [1.82, 2.24) is 15.5 Å². The predicted octanol–water partition coefficient (Wildman–Crippen LogP) is -0.157. The Balaban J connectivity index is 1.91. The molecule has 1 saturated heterocycles. The summed E-state index contributed by atoms with van der Waals surface area (Å²) < 4.78 is 4.77. The van der Waals surface area contributed by atoms with Crippen molar-refractivity contribution in [3.63, 3.8) is 0 Å². The third-order valence-electron chi connectivity index (χ3n) is 2.39. The summed E-state index contributed by atoms with van der Waals surface area (Å²) in [4.78, 5) is 26.5. The van der Waals surface area contributed by atoms with Crippen LogP contribution >= 0.6 is 0 Å². The van der Waals surface area contributed by atoms with Gasteiger partial charge in [0.05, 0.1) is 5.92 Å². The van der Waals surface area contributed by atoms with Crippen molar-refractivity contribution in [3.8, 4) is 0 Å². The standard InChI is InChI=1S/C9H12N4O3/c1-5-11-9(16-13-5)12-8(15)6-2-3-7(14)10-4-6/h6H,2-4H2,1H3,(H,10,14)(H,11,12,13,15). The molecule has 16 heavy (non-hydrogen) atoms. The minimum absolute atomic E-state index is 0.0160. The average molecular weight is 224 g/mol. The monoisotopic (exact) mass is 224 g/mol. The molecule has 1 unspecified atom stereocenters. The molecule has 86 valence electrons. The van der Waals surface area contributed by atoms with Crippen molar-refractivity contribution in [2.75, 3.05) is 11.9 Å². The van der Waals surface area contributed by atoms with Crippen LogP contribution in [-0.4, -0.2) is 28.5 Å². The predicted molar refractivity (Wildman–Crippen MR) is 53.4 cm³/mol. The number of rotatable bonds is 2. The smallest absolute Gasteiger partial charge is 0.328 e. The fourth-order valence-electron chi connectivity index (χ4n) is 1.51.